The standard InChI is InChI=1S/C21H27NO3/c1-7-18(16-8-9-19(24-5)20(12-16)25-6)22-21(23)17-11-14(3)13(2)10-15(17)4/h8-12,18H,7H2,1-6H3,(H,22,23)/t18-/m0/s1. The summed E-state index contributed by atoms with van der Waals surface area (Å²) >= 11 is 0. The molecule has 1 atom stereocenters. The van der Waals surface area contributed by atoms with E-state index in [1.165, 1.54) is 5.56 Å². The Hall–Kier alpha value is -2.49. The number of amides is 1. The average Bonchev–Trinajstić information content (AvgIpc) is 2.61. The van der Waals surface area contributed by atoms with E-state index >= 15 is 0 Å². The number of aryl methyl sites for hydroxylation is 3. The fraction of sp³-hybridized carbons (Fsp3) is 0.381. The van der Waals surface area contributed by atoms with E-state index in [1.807, 2.05) is 38.1 Å². The normalized spacial score (nSPS) is 11.8. The second-order valence-corrected chi connectivity index (χ2v) is 6.30. The van der Waals surface area contributed by atoms with Gasteiger partial charge in [-0.15, -0.1) is 0 Å². The second kappa shape index (κ2) is 8.06. The van der Waals surface area contributed by atoms with Crippen LogP contribution in [0, 0.1) is 20.8 Å². The first-order chi connectivity index (χ1) is 11.9. The molecule has 1 N–H and O–H groups in total. The zero-order chi connectivity index (χ0) is 18.6. The lowest BCUT2D eigenvalue weighted by Crippen LogP contribution is -2.29. The summed E-state index contributed by atoms with van der Waals surface area (Å²) in [5.41, 5.74) is 5.02. The van der Waals surface area contributed by atoms with Crippen LogP contribution in [0.1, 0.15) is 52.0 Å². The third kappa shape index (κ3) is 4.13. The molecule has 0 bridgehead atoms. The van der Waals surface area contributed by atoms with Gasteiger partial charge in [-0.3, -0.25) is 4.79 Å². The number of ether oxygens (including phenoxy) is 2. The fourth-order valence-electron chi connectivity index (χ4n) is 2.93. The number of hydrogen-bond acceptors (Lipinski definition) is 3. The summed E-state index contributed by atoms with van der Waals surface area (Å²) < 4.78 is 10.7. The van der Waals surface area contributed by atoms with Gasteiger partial charge in [0.15, 0.2) is 11.5 Å². The minimum atomic E-state index is -0.0895. The van der Waals surface area contributed by atoms with Gasteiger partial charge in [-0.2, -0.15) is 0 Å². The molecule has 0 aliphatic heterocycles. The van der Waals surface area contributed by atoms with Crippen LogP contribution in [0.5, 0.6) is 11.5 Å². The van der Waals surface area contributed by atoms with E-state index in [0.717, 1.165) is 28.7 Å². The summed E-state index contributed by atoms with van der Waals surface area (Å²) in [6.07, 6.45) is 0.783. The minimum Gasteiger partial charge on any atom is -0.493 e. The van der Waals surface area contributed by atoms with Gasteiger partial charge in [0.25, 0.3) is 5.91 Å². The van der Waals surface area contributed by atoms with Crippen LogP contribution in [0.25, 0.3) is 0 Å². The molecule has 0 aromatic heterocycles. The Morgan fingerprint density at radius 2 is 1.60 bits per heavy atom. The molecule has 4 heteroatoms. The molecule has 0 spiro atoms. The number of hydrogen-bond donors (Lipinski definition) is 1. The molecule has 0 fully saturated rings. The zero-order valence-corrected chi connectivity index (χ0v) is 15.9. The maximum atomic E-state index is 12.8. The van der Waals surface area contributed by atoms with Crippen molar-refractivity contribution in [2.24, 2.45) is 0 Å². The maximum Gasteiger partial charge on any atom is 0.252 e. The van der Waals surface area contributed by atoms with Crippen LogP contribution < -0.4 is 14.8 Å². The van der Waals surface area contributed by atoms with Gasteiger partial charge >= 0.3 is 0 Å². The Bertz CT molecular complexity index is 768. The molecule has 4 nitrogen and oxygen atoms in total. The SMILES string of the molecule is CC[C@H](NC(=O)c1cc(C)c(C)cc1C)c1ccc(OC)c(OC)c1. The molecule has 0 unspecified atom stereocenters. The van der Waals surface area contributed by atoms with Crippen LogP contribution in [0.15, 0.2) is 30.3 Å². The molecule has 0 saturated carbocycles. The number of benzene rings is 2. The smallest absolute Gasteiger partial charge is 0.252 e. The van der Waals surface area contributed by atoms with Crippen molar-refractivity contribution in [1.82, 2.24) is 5.32 Å². The summed E-state index contributed by atoms with van der Waals surface area (Å²) in [6.45, 7) is 8.10. The van der Waals surface area contributed by atoms with Gasteiger partial charge in [0, 0.05) is 5.56 Å². The van der Waals surface area contributed by atoms with Crippen molar-refractivity contribution in [1.29, 1.82) is 0 Å². The highest BCUT2D eigenvalue weighted by atomic mass is 16.5. The summed E-state index contributed by atoms with van der Waals surface area (Å²) in [6, 6.07) is 9.67. The zero-order valence-electron chi connectivity index (χ0n) is 15.9. The van der Waals surface area contributed by atoms with Crippen molar-refractivity contribution in [3.63, 3.8) is 0 Å². The van der Waals surface area contributed by atoms with Crippen molar-refractivity contribution in [2.45, 2.75) is 40.2 Å². The van der Waals surface area contributed by atoms with E-state index in [9.17, 15) is 4.79 Å². The first-order valence-corrected chi connectivity index (χ1v) is 8.51. The predicted octanol–water partition coefficient (Wildman–Crippen LogP) is 4.51. The third-order valence-electron chi connectivity index (χ3n) is 4.61. The van der Waals surface area contributed by atoms with Crippen molar-refractivity contribution in [2.75, 3.05) is 14.2 Å². The van der Waals surface area contributed by atoms with Crippen LogP contribution in [0.4, 0.5) is 0 Å². The van der Waals surface area contributed by atoms with Gasteiger partial charge in [0.2, 0.25) is 0 Å². The predicted molar refractivity (Wildman–Crippen MR) is 101 cm³/mol. The van der Waals surface area contributed by atoms with Crippen molar-refractivity contribution >= 4 is 5.91 Å². The van der Waals surface area contributed by atoms with Crippen LogP contribution in [0.2, 0.25) is 0 Å². The molecule has 2 aromatic rings. The van der Waals surface area contributed by atoms with Gasteiger partial charge in [0.1, 0.15) is 0 Å². The van der Waals surface area contributed by atoms with Gasteiger partial charge in [-0.25, -0.2) is 0 Å². The largest absolute Gasteiger partial charge is 0.493 e. The van der Waals surface area contributed by atoms with E-state index in [4.69, 9.17) is 9.47 Å². The summed E-state index contributed by atoms with van der Waals surface area (Å²) in [5, 5.41) is 3.14. The Kier molecular flexibility index (Phi) is 6.07. The minimum absolute atomic E-state index is 0.0535. The first kappa shape index (κ1) is 18.8. The monoisotopic (exact) mass is 341 g/mol. The lowest BCUT2D eigenvalue weighted by atomic mass is 9.99. The van der Waals surface area contributed by atoms with E-state index in [1.54, 1.807) is 14.2 Å². The Labute approximate surface area is 150 Å². The number of rotatable bonds is 6. The van der Waals surface area contributed by atoms with Gasteiger partial charge in [-0.1, -0.05) is 19.1 Å². The van der Waals surface area contributed by atoms with Crippen molar-refractivity contribution < 1.29 is 14.3 Å². The fourth-order valence-corrected chi connectivity index (χ4v) is 2.93. The van der Waals surface area contributed by atoms with E-state index in [-0.39, 0.29) is 11.9 Å². The number of carbonyl (C=O) groups is 1. The summed E-state index contributed by atoms with van der Waals surface area (Å²) in [4.78, 5) is 12.8. The Morgan fingerprint density at radius 1 is 0.960 bits per heavy atom. The second-order valence-electron chi connectivity index (χ2n) is 6.30. The maximum absolute atomic E-state index is 12.8. The molecule has 0 saturated heterocycles. The summed E-state index contributed by atoms with van der Waals surface area (Å²) in [5.74, 6) is 1.29. The van der Waals surface area contributed by atoms with E-state index < -0.39 is 0 Å². The molecular weight excluding hydrogens is 314 g/mol. The molecule has 2 aromatic carbocycles. The highest BCUT2D eigenvalue weighted by molar-refractivity contribution is 5.96. The molecule has 2 rings (SSSR count). The quantitative estimate of drug-likeness (QED) is 0.841. The van der Waals surface area contributed by atoms with Crippen molar-refractivity contribution in [3.8, 4) is 11.5 Å². The van der Waals surface area contributed by atoms with E-state index in [0.29, 0.717) is 11.5 Å². The van der Waals surface area contributed by atoms with Crippen molar-refractivity contribution in [3.05, 3.63) is 58.1 Å². The Morgan fingerprint density at radius 3 is 2.20 bits per heavy atom. The van der Waals surface area contributed by atoms with Crippen LogP contribution >= 0.6 is 0 Å². The molecule has 0 heterocycles. The lowest BCUT2D eigenvalue weighted by molar-refractivity contribution is 0.0935. The van der Waals surface area contributed by atoms with Gasteiger partial charge < -0.3 is 14.8 Å². The molecule has 0 radical (unpaired) electrons. The first-order valence-electron chi connectivity index (χ1n) is 8.51. The topological polar surface area (TPSA) is 47.6 Å². The number of carbonyl (C=O) groups excluding carboxylic acids is 1. The van der Waals surface area contributed by atoms with Gasteiger partial charge in [-0.05, 0) is 67.6 Å². The highest BCUT2D eigenvalue weighted by Gasteiger charge is 2.18. The molecule has 0 aliphatic rings. The highest BCUT2D eigenvalue weighted by Crippen LogP contribution is 2.31. The average molecular weight is 341 g/mol. The van der Waals surface area contributed by atoms with Crippen LogP contribution in [0.3, 0.4) is 0 Å². The molecule has 0 aliphatic carbocycles. The Balaban J connectivity index is 2.28. The molecule has 134 valence electrons. The number of methoxy groups -OCH3 is 2. The number of nitrogens with one attached hydrogen (secondary N) is 1. The molecule has 25 heavy (non-hydrogen) atoms. The summed E-state index contributed by atoms with van der Waals surface area (Å²) in [7, 11) is 3.22. The van der Waals surface area contributed by atoms with Gasteiger partial charge in [0.05, 0.1) is 20.3 Å². The third-order valence-corrected chi connectivity index (χ3v) is 4.61. The van der Waals surface area contributed by atoms with Crippen LogP contribution in [-0.2, 0) is 0 Å². The van der Waals surface area contributed by atoms with E-state index in [2.05, 4.69) is 25.2 Å². The molecule has 1 amide bonds. The lowest BCUT2D eigenvalue weighted by Gasteiger charge is -2.20. The van der Waals surface area contributed by atoms with Crippen LogP contribution in [-0.4, -0.2) is 20.1 Å². The molecular formula is C21H27NO3.